The van der Waals surface area contributed by atoms with Crippen molar-refractivity contribution >= 4 is 17.9 Å². The van der Waals surface area contributed by atoms with Crippen LogP contribution < -0.4 is 0 Å². The van der Waals surface area contributed by atoms with Gasteiger partial charge in [-0.1, -0.05) is 26.7 Å². The summed E-state index contributed by atoms with van der Waals surface area (Å²) in [4.78, 5) is 33.4. The molecule has 0 rings (SSSR count). The largest absolute Gasteiger partial charge is 0.481 e. The third-order valence-electron chi connectivity index (χ3n) is 2.97. The molecule has 0 aromatic heterocycles. The number of hydrogen-bond donors (Lipinski definition) is 1. The molecule has 0 saturated carbocycles. The van der Waals surface area contributed by atoms with Crippen molar-refractivity contribution in [1.29, 1.82) is 0 Å². The van der Waals surface area contributed by atoms with E-state index in [9.17, 15) is 14.4 Å². The molecule has 0 amide bonds. The second-order valence-corrected chi connectivity index (χ2v) is 4.64. The Labute approximate surface area is 114 Å². The second kappa shape index (κ2) is 10.5. The lowest BCUT2D eigenvalue weighted by Gasteiger charge is -2.12. The Morgan fingerprint density at radius 3 is 2.21 bits per heavy atom. The summed E-state index contributed by atoms with van der Waals surface area (Å²) in [7, 11) is 0. The van der Waals surface area contributed by atoms with Gasteiger partial charge >= 0.3 is 17.9 Å². The van der Waals surface area contributed by atoms with Gasteiger partial charge in [-0.2, -0.15) is 0 Å². The molecule has 0 aromatic rings. The maximum Gasteiger partial charge on any atom is 0.316 e. The number of ether oxygens (including phenoxy) is 1. The zero-order valence-electron chi connectivity index (χ0n) is 11.8. The third-order valence-corrected chi connectivity index (χ3v) is 2.97. The van der Waals surface area contributed by atoms with Gasteiger partial charge in [0.05, 0.1) is 5.92 Å². The number of carboxylic acids is 1. The molecule has 1 unspecified atom stereocenters. The van der Waals surface area contributed by atoms with Crippen LogP contribution in [0.15, 0.2) is 0 Å². The van der Waals surface area contributed by atoms with E-state index in [-0.39, 0.29) is 18.8 Å². The summed E-state index contributed by atoms with van der Waals surface area (Å²) in [5, 5.41) is 8.44. The first-order valence-electron chi connectivity index (χ1n) is 6.97. The molecule has 0 spiro atoms. The Morgan fingerprint density at radius 1 is 1.05 bits per heavy atom. The van der Waals surface area contributed by atoms with Crippen molar-refractivity contribution in [2.24, 2.45) is 5.92 Å². The fourth-order valence-corrected chi connectivity index (χ4v) is 1.73. The molecule has 0 aliphatic rings. The summed E-state index contributed by atoms with van der Waals surface area (Å²) in [5.41, 5.74) is 0. The Balaban J connectivity index is 3.89. The molecule has 0 fully saturated rings. The number of unbranched alkanes of at least 4 members (excludes halogenated alkanes) is 2. The Bertz CT molecular complexity index is 298. The first-order valence-corrected chi connectivity index (χ1v) is 6.97. The molecule has 0 aromatic carbocycles. The highest BCUT2D eigenvalue weighted by Gasteiger charge is 2.20. The number of carbonyl (C=O) groups excluding carboxylic acids is 2. The van der Waals surface area contributed by atoms with Crippen LogP contribution in [0.5, 0.6) is 0 Å². The maximum atomic E-state index is 11.7. The van der Waals surface area contributed by atoms with Crippen LogP contribution in [-0.4, -0.2) is 23.0 Å². The van der Waals surface area contributed by atoms with E-state index >= 15 is 0 Å². The molecular formula is C14H24O5. The molecule has 0 aliphatic carbocycles. The highest BCUT2D eigenvalue weighted by molar-refractivity contribution is 5.86. The van der Waals surface area contributed by atoms with Crippen molar-refractivity contribution < 1.29 is 24.2 Å². The predicted octanol–water partition coefficient (Wildman–Crippen LogP) is 2.92. The van der Waals surface area contributed by atoms with E-state index < -0.39 is 17.9 Å². The van der Waals surface area contributed by atoms with Gasteiger partial charge in [-0.05, 0) is 25.7 Å². The average molecular weight is 272 g/mol. The van der Waals surface area contributed by atoms with Crippen LogP contribution in [0.4, 0.5) is 0 Å². The minimum Gasteiger partial charge on any atom is -0.481 e. The van der Waals surface area contributed by atoms with Gasteiger partial charge in [-0.15, -0.1) is 0 Å². The van der Waals surface area contributed by atoms with Crippen LogP contribution in [-0.2, 0) is 19.1 Å². The van der Waals surface area contributed by atoms with E-state index in [1.807, 2.05) is 13.8 Å². The van der Waals surface area contributed by atoms with Crippen LogP contribution in [0.2, 0.25) is 0 Å². The Morgan fingerprint density at radius 2 is 1.68 bits per heavy atom. The number of aliphatic carboxylic acids is 1. The molecule has 0 heterocycles. The summed E-state index contributed by atoms with van der Waals surface area (Å²) in [6.45, 7) is 3.95. The number of carbonyl (C=O) groups is 3. The van der Waals surface area contributed by atoms with E-state index in [2.05, 4.69) is 0 Å². The fraction of sp³-hybridized carbons (Fsp3) is 0.786. The molecule has 5 nitrogen and oxygen atoms in total. The molecule has 1 N–H and O–H groups in total. The number of esters is 2. The summed E-state index contributed by atoms with van der Waals surface area (Å²) in [6, 6.07) is 0. The van der Waals surface area contributed by atoms with E-state index in [1.54, 1.807) is 0 Å². The average Bonchev–Trinajstić information content (AvgIpc) is 2.35. The van der Waals surface area contributed by atoms with Gasteiger partial charge in [-0.25, -0.2) is 0 Å². The number of rotatable bonds is 10. The van der Waals surface area contributed by atoms with Crippen molar-refractivity contribution in [1.82, 2.24) is 0 Å². The Kier molecular flexibility index (Phi) is 9.75. The fourth-order valence-electron chi connectivity index (χ4n) is 1.73. The second-order valence-electron chi connectivity index (χ2n) is 4.64. The van der Waals surface area contributed by atoms with Crippen LogP contribution >= 0.6 is 0 Å². The number of hydrogen-bond acceptors (Lipinski definition) is 4. The van der Waals surface area contributed by atoms with Crippen molar-refractivity contribution in [3.05, 3.63) is 0 Å². The standard InChI is InChI=1S/C14H24O5/c1-3-5-8-11(4-2)14(18)19-13(17)10-7-6-9-12(15)16/h11H,3-10H2,1-2H3,(H,15,16). The van der Waals surface area contributed by atoms with Crippen molar-refractivity contribution in [2.75, 3.05) is 0 Å². The van der Waals surface area contributed by atoms with E-state index in [0.717, 1.165) is 19.3 Å². The minimum atomic E-state index is -0.880. The predicted molar refractivity (Wildman–Crippen MR) is 70.5 cm³/mol. The van der Waals surface area contributed by atoms with E-state index in [0.29, 0.717) is 19.3 Å². The van der Waals surface area contributed by atoms with Gasteiger partial charge in [0.25, 0.3) is 0 Å². The van der Waals surface area contributed by atoms with Gasteiger partial charge in [-0.3, -0.25) is 14.4 Å². The Hall–Kier alpha value is -1.39. The van der Waals surface area contributed by atoms with Crippen LogP contribution in [0.3, 0.4) is 0 Å². The topological polar surface area (TPSA) is 80.7 Å². The van der Waals surface area contributed by atoms with Crippen molar-refractivity contribution in [3.63, 3.8) is 0 Å². The summed E-state index contributed by atoms with van der Waals surface area (Å²) >= 11 is 0. The highest BCUT2D eigenvalue weighted by Crippen LogP contribution is 2.15. The number of carboxylic acid groups (broad SMARTS) is 1. The molecule has 19 heavy (non-hydrogen) atoms. The molecule has 0 saturated heterocycles. The molecule has 0 bridgehead atoms. The molecule has 5 heteroatoms. The first kappa shape index (κ1) is 17.6. The maximum absolute atomic E-state index is 11.7. The van der Waals surface area contributed by atoms with Crippen LogP contribution in [0.25, 0.3) is 0 Å². The van der Waals surface area contributed by atoms with Gasteiger partial charge in [0, 0.05) is 12.8 Å². The highest BCUT2D eigenvalue weighted by atomic mass is 16.6. The summed E-state index contributed by atoms with van der Waals surface area (Å²) < 4.78 is 4.78. The van der Waals surface area contributed by atoms with E-state index in [1.165, 1.54) is 0 Å². The zero-order chi connectivity index (χ0) is 14.7. The van der Waals surface area contributed by atoms with Crippen molar-refractivity contribution in [2.45, 2.75) is 65.2 Å². The van der Waals surface area contributed by atoms with Crippen molar-refractivity contribution in [3.8, 4) is 0 Å². The van der Waals surface area contributed by atoms with Gasteiger partial charge in [0.1, 0.15) is 0 Å². The lowest BCUT2D eigenvalue weighted by atomic mass is 10.00. The summed E-state index contributed by atoms with van der Waals surface area (Å²) in [6.07, 6.45) is 4.37. The lowest BCUT2D eigenvalue weighted by Crippen LogP contribution is -2.21. The van der Waals surface area contributed by atoms with Crippen LogP contribution in [0.1, 0.15) is 65.2 Å². The van der Waals surface area contributed by atoms with E-state index in [4.69, 9.17) is 9.84 Å². The minimum absolute atomic E-state index is 0.0370. The molecule has 1 atom stereocenters. The molecule has 0 aliphatic heterocycles. The van der Waals surface area contributed by atoms with Gasteiger partial charge < -0.3 is 9.84 Å². The quantitative estimate of drug-likeness (QED) is 0.375. The monoisotopic (exact) mass is 272 g/mol. The lowest BCUT2D eigenvalue weighted by molar-refractivity contribution is -0.163. The molecule has 110 valence electrons. The zero-order valence-corrected chi connectivity index (χ0v) is 11.8. The normalized spacial score (nSPS) is 11.9. The van der Waals surface area contributed by atoms with Crippen LogP contribution in [0, 0.1) is 5.92 Å². The first-order chi connectivity index (χ1) is 9.01. The smallest absolute Gasteiger partial charge is 0.316 e. The molecule has 0 radical (unpaired) electrons. The SMILES string of the molecule is CCCCC(CC)C(=O)OC(=O)CCCCC(=O)O. The van der Waals surface area contributed by atoms with Gasteiger partial charge in [0.15, 0.2) is 0 Å². The third kappa shape index (κ3) is 9.22. The van der Waals surface area contributed by atoms with Gasteiger partial charge in [0.2, 0.25) is 0 Å². The molecular weight excluding hydrogens is 248 g/mol. The summed E-state index contributed by atoms with van der Waals surface area (Å²) in [5.74, 6) is -2.08.